The molecular weight excluding hydrogens is 223 g/mol. The smallest absolute Gasteiger partial charge is 0.0462 e. The minimum absolute atomic E-state index is 0.292. The highest BCUT2D eigenvalue weighted by Gasteiger charge is 2.25. The van der Waals surface area contributed by atoms with Crippen LogP contribution in [0.1, 0.15) is 19.3 Å². The summed E-state index contributed by atoms with van der Waals surface area (Å²) < 4.78 is 0. The second kappa shape index (κ2) is 3.45. The van der Waals surface area contributed by atoms with Crippen molar-refractivity contribution < 1.29 is 0 Å². The SMILES string of the molecule is ClC1CCC(Cl)C(Br)C1. The van der Waals surface area contributed by atoms with Crippen LogP contribution in [0.15, 0.2) is 0 Å². The Kier molecular flexibility index (Phi) is 3.13. The Labute approximate surface area is 74.0 Å². The fourth-order valence-electron chi connectivity index (χ4n) is 1.03. The molecule has 0 aliphatic heterocycles. The summed E-state index contributed by atoms with van der Waals surface area (Å²) in [5.74, 6) is 0. The fourth-order valence-corrected chi connectivity index (χ4v) is 2.51. The van der Waals surface area contributed by atoms with E-state index in [-0.39, 0.29) is 0 Å². The zero-order chi connectivity index (χ0) is 6.85. The molecule has 54 valence electrons. The van der Waals surface area contributed by atoms with E-state index in [1.165, 1.54) is 0 Å². The first-order valence-corrected chi connectivity index (χ1v) is 4.91. The van der Waals surface area contributed by atoms with Crippen LogP contribution in [-0.4, -0.2) is 15.6 Å². The van der Waals surface area contributed by atoms with E-state index < -0.39 is 0 Å². The molecule has 0 amide bonds. The highest BCUT2D eigenvalue weighted by Crippen LogP contribution is 2.31. The Balaban J connectivity index is 2.35. The average Bonchev–Trinajstić information content (AvgIpc) is 1.80. The van der Waals surface area contributed by atoms with E-state index in [0.717, 1.165) is 19.3 Å². The van der Waals surface area contributed by atoms with Crippen LogP contribution in [0.2, 0.25) is 0 Å². The summed E-state index contributed by atoms with van der Waals surface area (Å²) in [6, 6.07) is 0. The second-order valence-electron chi connectivity index (χ2n) is 2.44. The third-order valence-corrected chi connectivity index (χ3v) is 3.86. The largest absolute Gasteiger partial charge is 0.123 e. The van der Waals surface area contributed by atoms with E-state index in [1.807, 2.05) is 0 Å². The van der Waals surface area contributed by atoms with Gasteiger partial charge in [0.25, 0.3) is 0 Å². The Hall–Kier alpha value is 1.06. The molecule has 1 saturated carbocycles. The van der Waals surface area contributed by atoms with Gasteiger partial charge in [-0.15, -0.1) is 23.2 Å². The van der Waals surface area contributed by atoms with Crippen molar-refractivity contribution in [3.8, 4) is 0 Å². The highest BCUT2D eigenvalue weighted by molar-refractivity contribution is 9.09. The van der Waals surface area contributed by atoms with E-state index in [1.54, 1.807) is 0 Å². The second-order valence-corrected chi connectivity index (χ2v) is 4.80. The number of hydrogen-bond acceptors (Lipinski definition) is 0. The van der Waals surface area contributed by atoms with Crippen LogP contribution < -0.4 is 0 Å². The lowest BCUT2D eigenvalue weighted by Crippen LogP contribution is -2.25. The summed E-state index contributed by atoms with van der Waals surface area (Å²) in [6.07, 6.45) is 3.12. The zero-order valence-electron chi connectivity index (χ0n) is 4.99. The summed E-state index contributed by atoms with van der Waals surface area (Å²) in [7, 11) is 0. The van der Waals surface area contributed by atoms with Crippen LogP contribution in [0.3, 0.4) is 0 Å². The van der Waals surface area contributed by atoms with Gasteiger partial charge in [0.2, 0.25) is 0 Å². The lowest BCUT2D eigenvalue weighted by molar-refractivity contribution is 0.535. The Bertz CT molecular complexity index is 97.1. The maximum Gasteiger partial charge on any atom is 0.0462 e. The van der Waals surface area contributed by atoms with Gasteiger partial charge >= 0.3 is 0 Å². The molecule has 3 atom stereocenters. The van der Waals surface area contributed by atoms with Crippen molar-refractivity contribution in [1.82, 2.24) is 0 Å². The van der Waals surface area contributed by atoms with Gasteiger partial charge in [0.15, 0.2) is 0 Å². The third kappa shape index (κ3) is 2.28. The van der Waals surface area contributed by atoms with Crippen molar-refractivity contribution in [2.75, 3.05) is 0 Å². The van der Waals surface area contributed by atoms with Crippen molar-refractivity contribution in [3.05, 3.63) is 0 Å². The molecule has 0 radical (unpaired) electrons. The lowest BCUT2D eigenvalue weighted by Gasteiger charge is -2.25. The molecule has 1 aliphatic carbocycles. The lowest BCUT2D eigenvalue weighted by atomic mass is 10.00. The molecule has 0 aromatic rings. The van der Waals surface area contributed by atoms with E-state index in [2.05, 4.69) is 15.9 Å². The molecule has 0 aromatic carbocycles. The minimum atomic E-state index is 0.292. The summed E-state index contributed by atoms with van der Waals surface area (Å²) in [5, 5.41) is 0.629. The van der Waals surface area contributed by atoms with Gasteiger partial charge in [0.1, 0.15) is 0 Å². The molecule has 0 nitrogen and oxygen atoms in total. The molecule has 9 heavy (non-hydrogen) atoms. The normalized spacial score (nSPS) is 45.0. The fraction of sp³-hybridized carbons (Fsp3) is 1.00. The van der Waals surface area contributed by atoms with Crippen LogP contribution in [0, 0.1) is 0 Å². The molecule has 0 N–H and O–H groups in total. The minimum Gasteiger partial charge on any atom is -0.123 e. The molecule has 3 unspecified atom stereocenters. The molecule has 1 fully saturated rings. The Morgan fingerprint density at radius 1 is 1.22 bits per heavy atom. The summed E-state index contributed by atoms with van der Waals surface area (Å²) in [4.78, 5) is 0.426. The van der Waals surface area contributed by atoms with E-state index in [9.17, 15) is 0 Å². The van der Waals surface area contributed by atoms with Crippen molar-refractivity contribution in [3.63, 3.8) is 0 Å². The first kappa shape index (κ1) is 8.16. The van der Waals surface area contributed by atoms with Crippen molar-refractivity contribution in [2.24, 2.45) is 0 Å². The van der Waals surface area contributed by atoms with E-state index in [4.69, 9.17) is 23.2 Å². The third-order valence-electron chi connectivity index (χ3n) is 1.63. The van der Waals surface area contributed by atoms with Gasteiger partial charge in [0, 0.05) is 15.6 Å². The summed E-state index contributed by atoms with van der Waals surface area (Å²) in [5.41, 5.74) is 0. The van der Waals surface area contributed by atoms with Crippen LogP contribution in [0.4, 0.5) is 0 Å². The van der Waals surface area contributed by atoms with Crippen molar-refractivity contribution in [2.45, 2.75) is 34.8 Å². The molecule has 0 aromatic heterocycles. The van der Waals surface area contributed by atoms with Gasteiger partial charge < -0.3 is 0 Å². The Morgan fingerprint density at radius 2 is 1.89 bits per heavy atom. The van der Waals surface area contributed by atoms with Crippen molar-refractivity contribution in [1.29, 1.82) is 0 Å². The molecule has 0 heterocycles. The average molecular weight is 232 g/mol. The Morgan fingerprint density at radius 3 is 2.33 bits per heavy atom. The maximum atomic E-state index is 5.93. The molecule has 0 spiro atoms. The topological polar surface area (TPSA) is 0 Å². The van der Waals surface area contributed by atoms with Crippen LogP contribution in [-0.2, 0) is 0 Å². The monoisotopic (exact) mass is 230 g/mol. The van der Waals surface area contributed by atoms with Crippen molar-refractivity contribution >= 4 is 39.1 Å². The quantitative estimate of drug-likeness (QED) is 0.562. The molecule has 0 bridgehead atoms. The predicted molar refractivity (Wildman–Crippen MR) is 45.8 cm³/mol. The molecule has 1 rings (SSSR count). The van der Waals surface area contributed by atoms with E-state index >= 15 is 0 Å². The van der Waals surface area contributed by atoms with E-state index in [0.29, 0.717) is 15.6 Å². The van der Waals surface area contributed by atoms with Gasteiger partial charge in [-0.05, 0) is 19.3 Å². The van der Waals surface area contributed by atoms with Gasteiger partial charge in [0.05, 0.1) is 0 Å². The first-order valence-electron chi connectivity index (χ1n) is 3.12. The van der Waals surface area contributed by atoms with Gasteiger partial charge in [-0.1, -0.05) is 15.9 Å². The van der Waals surface area contributed by atoms with Crippen LogP contribution >= 0.6 is 39.1 Å². The van der Waals surface area contributed by atoms with Gasteiger partial charge in [-0.25, -0.2) is 0 Å². The molecular formula is C6H9BrCl2. The molecule has 0 saturated heterocycles. The first-order chi connectivity index (χ1) is 4.20. The number of alkyl halides is 3. The highest BCUT2D eigenvalue weighted by atomic mass is 79.9. The number of rotatable bonds is 0. The standard InChI is InChI=1S/C6H9BrCl2/c7-5-3-4(8)1-2-6(5)9/h4-6H,1-3H2. The zero-order valence-corrected chi connectivity index (χ0v) is 8.09. The summed E-state index contributed by atoms with van der Waals surface area (Å²) in [6.45, 7) is 0. The van der Waals surface area contributed by atoms with Gasteiger partial charge in [-0.2, -0.15) is 0 Å². The molecule has 3 heteroatoms. The number of halogens is 3. The van der Waals surface area contributed by atoms with Crippen LogP contribution in [0.5, 0.6) is 0 Å². The molecule has 1 aliphatic rings. The number of hydrogen-bond donors (Lipinski definition) is 0. The predicted octanol–water partition coefficient (Wildman–Crippen LogP) is 3.15. The summed E-state index contributed by atoms with van der Waals surface area (Å²) >= 11 is 15.3. The maximum absolute atomic E-state index is 5.93. The van der Waals surface area contributed by atoms with Crippen LogP contribution in [0.25, 0.3) is 0 Å². The van der Waals surface area contributed by atoms with Gasteiger partial charge in [-0.3, -0.25) is 0 Å².